The Bertz CT molecular complexity index is 1040. The zero-order valence-electron chi connectivity index (χ0n) is 17.4. The van der Waals surface area contributed by atoms with Crippen molar-refractivity contribution in [2.24, 2.45) is 5.92 Å². The Morgan fingerprint density at radius 1 is 1.27 bits per heavy atom. The van der Waals surface area contributed by atoms with Gasteiger partial charge in [0.05, 0.1) is 11.9 Å². The van der Waals surface area contributed by atoms with Crippen LogP contribution in [0.4, 0.5) is 5.82 Å². The Kier molecular flexibility index (Phi) is 5.11. The normalized spacial score (nSPS) is 19.2. The first kappa shape index (κ1) is 19.0. The van der Waals surface area contributed by atoms with Crippen molar-refractivity contribution in [2.75, 3.05) is 18.4 Å². The number of carbonyl (C=O) groups is 1. The number of pyridine rings is 1. The Morgan fingerprint density at radius 3 is 2.97 bits per heavy atom. The van der Waals surface area contributed by atoms with Crippen LogP contribution >= 0.6 is 0 Å². The highest BCUT2D eigenvalue weighted by Crippen LogP contribution is 2.34. The number of carbonyl (C=O) groups excluding carboxylic acids is 1. The van der Waals surface area contributed by atoms with E-state index in [9.17, 15) is 4.79 Å². The third-order valence-corrected chi connectivity index (χ3v) is 6.22. The zero-order chi connectivity index (χ0) is 20.5. The molecular formula is C23H28N6O. The molecule has 1 aliphatic carbocycles. The summed E-state index contributed by atoms with van der Waals surface area (Å²) in [5, 5.41) is 8.02. The highest BCUT2D eigenvalue weighted by atomic mass is 16.2. The van der Waals surface area contributed by atoms with Crippen LogP contribution in [-0.2, 0) is 11.3 Å². The predicted molar refractivity (Wildman–Crippen MR) is 115 cm³/mol. The van der Waals surface area contributed by atoms with Crippen LogP contribution in [0, 0.1) is 12.8 Å². The quantitative estimate of drug-likeness (QED) is 0.680. The molecule has 0 bridgehead atoms. The monoisotopic (exact) mass is 404 g/mol. The molecular weight excluding hydrogens is 376 g/mol. The molecule has 3 aromatic heterocycles. The van der Waals surface area contributed by atoms with Crippen molar-refractivity contribution >= 4 is 17.4 Å². The lowest BCUT2D eigenvalue weighted by molar-refractivity contribution is -0.132. The molecule has 1 amide bonds. The number of rotatable bonds is 6. The number of aromatic nitrogens is 4. The van der Waals surface area contributed by atoms with Gasteiger partial charge in [-0.1, -0.05) is 6.07 Å². The first-order chi connectivity index (χ1) is 14.7. The maximum absolute atomic E-state index is 12.7. The van der Waals surface area contributed by atoms with Crippen molar-refractivity contribution in [3.63, 3.8) is 0 Å². The summed E-state index contributed by atoms with van der Waals surface area (Å²) in [7, 11) is 0. The first-order valence-corrected chi connectivity index (χ1v) is 10.9. The van der Waals surface area contributed by atoms with Gasteiger partial charge >= 0.3 is 0 Å². The van der Waals surface area contributed by atoms with E-state index in [4.69, 9.17) is 4.98 Å². The molecule has 156 valence electrons. The molecule has 1 aliphatic heterocycles. The molecule has 0 radical (unpaired) electrons. The van der Waals surface area contributed by atoms with Crippen molar-refractivity contribution in [1.82, 2.24) is 24.5 Å². The summed E-state index contributed by atoms with van der Waals surface area (Å²) >= 11 is 0. The summed E-state index contributed by atoms with van der Waals surface area (Å²) in [6.45, 7) is 4.35. The van der Waals surface area contributed by atoms with Gasteiger partial charge in [0.2, 0.25) is 5.91 Å². The fourth-order valence-electron chi connectivity index (χ4n) is 4.26. The Morgan fingerprint density at radius 2 is 2.17 bits per heavy atom. The van der Waals surface area contributed by atoms with Gasteiger partial charge in [-0.3, -0.25) is 9.78 Å². The first-order valence-electron chi connectivity index (χ1n) is 10.9. The van der Waals surface area contributed by atoms with Gasteiger partial charge in [-0.25, -0.2) is 4.98 Å². The average molecular weight is 405 g/mol. The minimum absolute atomic E-state index is 0.264. The zero-order valence-corrected chi connectivity index (χ0v) is 17.4. The second-order valence-electron chi connectivity index (χ2n) is 8.67. The van der Waals surface area contributed by atoms with Gasteiger partial charge in [0.25, 0.3) is 0 Å². The van der Waals surface area contributed by atoms with E-state index in [1.165, 1.54) is 12.8 Å². The number of aryl methyl sites for hydroxylation is 1. The van der Waals surface area contributed by atoms with Gasteiger partial charge in [-0.15, -0.1) is 0 Å². The molecule has 1 saturated heterocycles. The molecule has 5 rings (SSSR count). The summed E-state index contributed by atoms with van der Waals surface area (Å²) in [4.78, 5) is 23.9. The van der Waals surface area contributed by atoms with Crippen LogP contribution in [0.3, 0.4) is 0 Å². The number of amides is 1. The molecule has 0 aromatic carbocycles. The number of anilines is 1. The predicted octanol–water partition coefficient (Wildman–Crippen LogP) is 3.55. The molecule has 7 heteroatoms. The van der Waals surface area contributed by atoms with Crippen molar-refractivity contribution < 1.29 is 4.79 Å². The maximum atomic E-state index is 12.7. The molecule has 2 fully saturated rings. The standard InChI is InChI=1S/C23H28N6O/c1-16-12-26-29-21(25-14-18-4-2-8-24-13-18)11-20(27-23(16)29)19-5-3-9-28(15-19)22(30)10-17-6-7-17/h2,4,8,11-13,17,19,25H,3,5-7,9-10,14-15H2,1H3. The number of fused-ring (bicyclic) bond motifs is 1. The van der Waals surface area contributed by atoms with Crippen molar-refractivity contribution in [2.45, 2.75) is 51.5 Å². The van der Waals surface area contributed by atoms with Crippen LogP contribution in [0.2, 0.25) is 0 Å². The molecule has 0 spiro atoms. The topological polar surface area (TPSA) is 75.4 Å². The van der Waals surface area contributed by atoms with E-state index >= 15 is 0 Å². The van der Waals surface area contributed by atoms with Crippen molar-refractivity contribution in [1.29, 1.82) is 0 Å². The van der Waals surface area contributed by atoms with E-state index < -0.39 is 0 Å². The Labute approximate surface area is 176 Å². The second kappa shape index (κ2) is 8.05. The Hall–Kier alpha value is -2.96. The third-order valence-electron chi connectivity index (χ3n) is 6.22. The van der Waals surface area contributed by atoms with E-state index in [2.05, 4.69) is 32.4 Å². The van der Waals surface area contributed by atoms with Crippen molar-refractivity contribution in [3.8, 4) is 0 Å². The van der Waals surface area contributed by atoms with E-state index in [1.54, 1.807) is 6.20 Å². The fourth-order valence-corrected chi connectivity index (χ4v) is 4.26. The van der Waals surface area contributed by atoms with Crippen LogP contribution in [0.15, 0.2) is 36.8 Å². The highest BCUT2D eigenvalue weighted by Gasteiger charge is 2.31. The molecule has 1 unspecified atom stereocenters. The summed E-state index contributed by atoms with van der Waals surface area (Å²) < 4.78 is 1.87. The maximum Gasteiger partial charge on any atom is 0.222 e. The smallest absolute Gasteiger partial charge is 0.222 e. The SMILES string of the molecule is Cc1cnn2c(NCc3cccnc3)cc(C3CCCN(C(=O)CC4CC4)C3)nc12. The molecule has 1 N–H and O–H groups in total. The molecule has 7 nitrogen and oxygen atoms in total. The second-order valence-corrected chi connectivity index (χ2v) is 8.67. The van der Waals surface area contributed by atoms with Crippen LogP contribution in [-0.4, -0.2) is 43.5 Å². The Balaban J connectivity index is 1.39. The molecule has 1 saturated carbocycles. The summed E-state index contributed by atoms with van der Waals surface area (Å²) in [6, 6.07) is 6.10. The van der Waals surface area contributed by atoms with Crippen LogP contribution < -0.4 is 5.32 Å². The highest BCUT2D eigenvalue weighted by molar-refractivity contribution is 5.77. The number of piperidine rings is 1. The largest absolute Gasteiger partial charge is 0.366 e. The lowest BCUT2D eigenvalue weighted by Crippen LogP contribution is -2.39. The molecule has 4 heterocycles. The van der Waals surface area contributed by atoms with Crippen LogP contribution in [0.5, 0.6) is 0 Å². The van der Waals surface area contributed by atoms with Crippen LogP contribution in [0.25, 0.3) is 5.65 Å². The minimum atomic E-state index is 0.264. The number of nitrogens with one attached hydrogen (secondary N) is 1. The lowest BCUT2D eigenvalue weighted by atomic mass is 9.94. The summed E-state index contributed by atoms with van der Waals surface area (Å²) in [6.07, 6.45) is 10.7. The lowest BCUT2D eigenvalue weighted by Gasteiger charge is -2.33. The summed E-state index contributed by atoms with van der Waals surface area (Å²) in [5.41, 5.74) is 4.09. The fraction of sp³-hybridized carbons (Fsp3) is 0.478. The van der Waals surface area contributed by atoms with E-state index in [0.717, 1.165) is 60.6 Å². The third kappa shape index (κ3) is 4.01. The molecule has 2 aliphatic rings. The van der Waals surface area contributed by atoms with E-state index in [-0.39, 0.29) is 5.92 Å². The van der Waals surface area contributed by atoms with Crippen molar-refractivity contribution in [3.05, 3.63) is 53.6 Å². The van der Waals surface area contributed by atoms with Gasteiger partial charge in [-0.2, -0.15) is 9.61 Å². The molecule has 30 heavy (non-hydrogen) atoms. The molecule has 3 aromatic rings. The van der Waals surface area contributed by atoms with Gasteiger partial charge < -0.3 is 10.2 Å². The average Bonchev–Trinajstić information content (AvgIpc) is 3.53. The minimum Gasteiger partial charge on any atom is -0.366 e. The summed E-state index contributed by atoms with van der Waals surface area (Å²) in [5.74, 6) is 2.14. The number of nitrogens with zero attached hydrogens (tertiary/aromatic N) is 5. The van der Waals surface area contributed by atoms with E-state index in [1.807, 2.05) is 29.9 Å². The molecule has 1 atom stereocenters. The van der Waals surface area contributed by atoms with Gasteiger partial charge in [0.15, 0.2) is 5.65 Å². The number of hydrogen-bond acceptors (Lipinski definition) is 5. The van der Waals surface area contributed by atoms with Gasteiger partial charge in [0, 0.05) is 56.0 Å². The van der Waals surface area contributed by atoms with E-state index in [0.29, 0.717) is 18.4 Å². The van der Waals surface area contributed by atoms with Crippen LogP contribution in [0.1, 0.15) is 54.8 Å². The number of likely N-dealkylation sites (tertiary alicyclic amines) is 1. The van der Waals surface area contributed by atoms with Gasteiger partial charge in [0.1, 0.15) is 5.82 Å². The van der Waals surface area contributed by atoms with Gasteiger partial charge in [-0.05, 0) is 50.2 Å². The number of hydrogen-bond donors (Lipinski definition) is 1.